The van der Waals surface area contributed by atoms with Crippen LogP contribution in [0.3, 0.4) is 0 Å². The lowest BCUT2D eigenvalue weighted by atomic mass is 10.1. The third-order valence-electron chi connectivity index (χ3n) is 5.61. The fraction of sp³-hybridized carbons (Fsp3) is 0.480. The molecule has 1 atom stereocenters. The standard InChI is InChI=1S/C25H33F3N6O2/c1-15(17-11-22(25(26,27)28)33-23(29)12-17)30-24-18-13-21(36-10-8-6-7-9-34(3)4)20(35-5)14-19(18)31-16(2)32-24/h11-15H,6-10H2,1-5H3,(H2,29,33)(H,30,31,32)/t15-/m1/s1. The summed E-state index contributed by atoms with van der Waals surface area (Å²) in [6, 6.07) is 5.42. The summed E-state index contributed by atoms with van der Waals surface area (Å²) in [6.45, 7) is 5.02. The molecule has 0 saturated carbocycles. The Bertz CT molecular complexity index is 1190. The Balaban J connectivity index is 1.86. The van der Waals surface area contributed by atoms with Crippen LogP contribution in [0.1, 0.15) is 49.3 Å². The molecule has 2 aromatic heterocycles. The van der Waals surface area contributed by atoms with Crippen molar-refractivity contribution < 1.29 is 22.6 Å². The zero-order chi connectivity index (χ0) is 26.5. The maximum atomic E-state index is 13.2. The highest BCUT2D eigenvalue weighted by Crippen LogP contribution is 2.36. The number of rotatable bonds is 11. The van der Waals surface area contributed by atoms with Gasteiger partial charge in [0.2, 0.25) is 0 Å². The SMILES string of the molecule is COc1cc2nc(C)nc(N[C@H](C)c3cc(N)nc(C(F)(F)F)c3)c2cc1OCCCCCN(C)C. The highest BCUT2D eigenvalue weighted by atomic mass is 19.4. The van der Waals surface area contributed by atoms with E-state index in [1.165, 1.54) is 6.07 Å². The lowest BCUT2D eigenvalue weighted by Crippen LogP contribution is -2.14. The summed E-state index contributed by atoms with van der Waals surface area (Å²) in [7, 11) is 5.66. The van der Waals surface area contributed by atoms with Crippen molar-refractivity contribution in [3.05, 3.63) is 41.3 Å². The smallest absolute Gasteiger partial charge is 0.433 e. The summed E-state index contributed by atoms with van der Waals surface area (Å²) in [5.74, 6) is 1.85. The minimum Gasteiger partial charge on any atom is -0.493 e. The van der Waals surface area contributed by atoms with E-state index in [9.17, 15) is 13.2 Å². The van der Waals surface area contributed by atoms with Gasteiger partial charge in [0.25, 0.3) is 0 Å². The number of aromatic nitrogens is 3. The molecule has 1 aromatic carbocycles. The van der Waals surface area contributed by atoms with E-state index in [4.69, 9.17) is 15.2 Å². The number of unbranched alkanes of at least 4 members (excludes halogenated alkanes) is 2. The molecule has 0 aliphatic heterocycles. The summed E-state index contributed by atoms with van der Waals surface area (Å²) < 4.78 is 51.2. The van der Waals surface area contributed by atoms with Crippen LogP contribution in [-0.4, -0.2) is 54.2 Å². The van der Waals surface area contributed by atoms with E-state index in [-0.39, 0.29) is 5.82 Å². The molecule has 0 unspecified atom stereocenters. The molecule has 0 spiro atoms. The zero-order valence-corrected chi connectivity index (χ0v) is 21.2. The molecule has 3 aromatic rings. The van der Waals surface area contributed by atoms with Gasteiger partial charge in [-0.1, -0.05) is 0 Å². The third kappa shape index (κ3) is 7.09. The number of methoxy groups -OCH3 is 1. The first-order valence-corrected chi connectivity index (χ1v) is 11.7. The topological polar surface area (TPSA) is 98.4 Å². The predicted molar refractivity (Wildman–Crippen MR) is 134 cm³/mol. The molecule has 0 saturated heterocycles. The Morgan fingerprint density at radius 1 is 1.03 bits per heavy atom. The highest BCUT2D eigenvalue weighted by molar-refractivity contribution is 5.92. The third-order valence-corrected chi connectivity index (χ3v) is 5.61. The van der Waals surface area contributed by atoms with Gasteiger partial charge in [0, 0.05) is 11.5 Å². The van der Waals surface area contributed by atoms with E-state index in [2.05, 4.69) is 25.2 Å². The van der Waals surface area contributed by atoms with Crippen LogP contribution in [0.25, 0.3) is 10.9 Å². The van der Waals surface area contributed by atoms with Crippen molar-refractivity contribution in [2.24, 2.45) is 0 Å². The van der Waals surface area contributed by atoms with Gasteiger partial charge in [-0.05, 0) is 77.5 Å². The van der Waals surface area contributed by atoms with Crippen LogP contribution in [-0.2, 0) is 6.18 Å². The second-order valence-electron chi connectivity index (χ2n) is 8.93. The van der Waals surface area contributed by atoms with Crippen molar-refractivity contribution >= 4 is 22.5 Å². The average molecular weight is 507 g/mol. The van der Waals surface area contributed by atoms with Crippen molar-refractivity contribution in [1.29, 1.82) is 0 Å². The first-order valence-electron chi connectivity index (χ1n) is 11.7. The molecule has 3 N–H and O–H groups in total. The number of nitrogens with zero attached hydrogens (tertiary/aromatic N) is 4. The van der Waals surface area contributed by atoms with E-state index in [1.54, 1.807) is 33.1 Å². The Kier molecular flexibility index (Phi) is 8.78. The van der Waals surface area contributed by atoms with Gasteiger partial charge >= 0.3 is 6.18 Å². The molecule has 2 heterocycles. The predicted octanol–water partition coefficient (Wildman–Crippen LogP) is 5.23. The van der Waals surface area contributed by atoms with Crippen molar-refractivity contribution in [2.45, 2.75) is 45.3 Å². The molecule has 0 aliphatic rings. The number of alkyl halides is 3. The number of anilines is 2. The summed E-state index contributed by atoms with van der Waals surface area (Å²) in [6.07, 6.45) is -1.58. The number of hydrogen-bond acceptors (Lipinski definition) is 8. The fourth-order valence-corrected chi connectivity index (χ4v) is 3.78. The lowest BCUT2D eigenvalue weighted by Gasteiger charge is -2.19. The first-order chi connectivity index (χ1) is 17.0. The van der Waals surface area contributed by atoms with Gasteiger partial charge < -0.3 is 25.4 Å². The van der Waals surface area contributed by atoms with Gasteiger partial charge in [0.05, 0.1) is 25.3 Å². The van der Waals surface area contributed by atoms with E-state index in [0.717, 1.165) is 31.9 Å². The summed E-state index contributed by atoms with van der Waals surface area (Å²) >= 11 is 0. The number of ether oxygens (including phenoxy) is 2. The molecule has 0 amide bonds. The molecule has 36 heavy (non-hydrogen) atoms. The second kappa shape index (κ2) is 11.6. The Labute approximate surface area is 209 Å². The number of fused-ring (bicyclic) bond motifs is 1. The van der Waals surface area contributed by atoms with Crippen molar-refractivity contribution in [2.75, 3.05) is 45.4 Å². The molecule has 0 radical (unpaired) electrons. The summed E-state index contributed by atoms with van der Waals surface area (Å²) in [5, 5.41) is 3.87. The van der Waals surface area contributed by atoms with Gasteiger partial charge in [-0.15, -0.1) is 0 Å². The number of nitrogens with two attached hydrogens (primary N) is 1. The van der Waals surface area contributed by atoms with Crippen LogP contribution < -0.4 is 20.5 Å². The van der Waals surface area contributed by atoms with E-state index >= 15 is 0 Å². The maximum absolute atomic E-state index is 13.2. The molecular formula is C25H33F3N6O2. The van der Waals surface area contributed by atoms with Crippen molar-refractivity contribution in [1.82, 2.24) is 19.9 Å². The number of halogens is 3. The first kappa shape index (κ1) is 27.3. The molecule has 196 valence electrons. The zero-order valence-electron chi connectivity index (χ0n) is 21.2. The van der Waals surface area contributed by atoms with Crippen molar-refractivity contribution in [3.8, 4) is 11.5 Å². The van der Waals surface area contributed by atoms with Crippen LogP contribution in [0.15, 0.2) is 24.3 Å². The Hall–Kier alpha value is -3.34. The Morgan fingerprint density at radius 2 is 1.78 bits per heavy atom. The lowest BCUT2D eigenvalue weighted by molar-refractivity contribution is -0.141. The van der Waals surface area contributed by atoms with E-state index < -0.39 is 17.9 Å². The number of aryl methyl sites for hydroxylation is 1. The van der Waals surface area contributed by atoms with Gasteiger partial charge in [-0.2, -0.15) is 13.2 Å². The molecule has 0 bridgehead atoms. The molecule has 0 fully saturated rings. The highest BCUT2D eigenvalue weighted by Gasteiger charge is 2.33. The summed E-state index contributed by atoms with van der Waals surface area (Å²) in [4.78, 5) is 14.6. The van der Waals surface area contributed by atoms with E-state index in [0.29, 0.717) is 46.2 Å². The van der Waals surface area contributed by atoms with Crippen LogP contribution in [0, 0.1) is 6.92 Å². The van der Waals surface area contributed by atoms with Gasteiger partial charge in [-0.25, -0.2) is 15.0 Å². The number of pyridine rings is 1. The molecule has 0 aliphatic carbocycles. The minimum atomic E-state index is -4.60. The van der Waals surface area contributed by atoms with Gasteiger partial charge in [0.1, 0.15) is 23.2 Å². The van der Waals surface area contributed by atoms with Crippen LogP contribution in [0.5, 0.6) is 11.5 Å². The van der Waals surface area contributed by atoms with Gasteiger partial charge in [-0.3, -0.25) is 0 Å². The summed E-state index contributed by atoms with van der Waals surface area (Å²) in [5.41, 5.74) is 5.57. The van der Waals surface area contributed by atoms with Crippen LogP contribution in [0.2, 0.25) is 0 Å². The Morgan fingerprint density at radius 3 is 2.44 bits per heavy atom. The van der Waals surface area contributed by atoms with Crippen LogP contribution >= 0.6 is 0 Å². The quantitative estimate of drug-likeness (QED) is 0.341. The normalized spacial score (nSPS) is 12.7. The second-order valence-corrected chi connectivity index (χ2v) is 8.93. The molecule has 11 heteroatoms. The number of nitrogen functional groups attached to an aromatic ring is 1. The monoisotopic (exact) mass is 506 g/mol. The number of nitrogens with one attached hydrogen (secondary N) is 1. The minimum absolute atomic E-state index is 0.205. The van der Waals surface area contributed by atoms with E-state index in [1.807, 2.05) is 14.1 Å². The fourth-order valence-electron chi connectivity index (χ4n) is 3.78. The molecule has 8 nitrogen and oxygen atoms in total. The number of hydrogen-bond donors (Lipinski definition) is 2. The van der Waals surface area contributed by atoms with Crippen molar-refractivity contribution in [3.63, 3.8) is 0 Å². The average Bonchev–Trinajstić information content (AvgIpc) is 2.79. The molecule has 3 rings (SSSR count). The largest absolute Gasteiger partial charge is 0.493 e. The maximum Gasteiger partial charge on any atom is 0.433 e. The van der Waals surface area contributed by atoms with Crippen LogP contribution in [0.4, 0.5) is 24.8 Å². The number of benzene rings is 1. The van der Waals surface area contributed by atoms with Gasteiger partial charge in [0.15, 0.2) is 11.5 Å². The molecular weight excluding hydrogens is 473 g/mol.